The Bertz CT molecular complexity index is 388. The molecule has 0 spiro atoms. The molecule has 1 saturated heterocycles. The van der Waals surface area contributed by atoms with Gasteiger partial charge in [0.2, 0.25) is 0 Å². The van der Waals surface area contributed by atoms with E-state index in [0.717, 1.165) is 37.6 Å². The summed E-state index contributed by atoms with van der Waals surface area (Å²) < 4.78 is 5.45. The van der Waals surface area contributed by atoms with E-state index in [4.69, 9.17) is 16.3 Å². The molecule has 1 aliphatic rings. The monoisotopic (exact) mass is 267 g/mol. The lowest BCUT2D eigenvalue weighted by Crippen LogP contribution is -2.32. The lowest BCUT2D eigenvalue weighted by Gasteiger charge is -2.31. The van der Waals surface area contributed by atoms with Gasteiger partial charge in [-0.05, 0) is 49.4 Å². The second-order valence-corrected chi connectivity index (χ2v) is 5.42. The number of aryl methyl sites for hydroxylation is 1. The van der Waals surface area contributed by atoms with Gasteiger partial charge in [0.1, 0.15) is 0 Å². The van der Waals surface area contributed by atoms with E-state index in [0.29, 0.717) is 12.0 Å². The quantitative estimate of drug-likeness (QED) is 0.898. The zero-order valence-electron chi connectivity index (χ0n) is 11.2. The van der Waals surface area contributed by atoms with E-state index >= 15 is 0 Å². The van der Waals surface area contributed by atoms with Crippen molar-refractivity contribution in [1.29, 1.82) is 0 Å². The van der Waals surface area contributed by atoms with Crippen LogP contribution in [0.5, 0.6) is 0 Å². The van der Waals surface area contributed by atoms with E-state index in [1.54, 1.807) is 0 Å². The molecule has 1 N–H and O–H groups in total. The van der Waals surface area contributed by atoms with Crippen molar-refractivity contribution in [1.82, 2.24) is 5.32 Å². The van der Waals surface area contributed by atoms with Crippen LogP contribution in [0.4, 0.5) is 0 Å². The van der Waals surface area contributed by atoms with Crippen LogP contribution < -0.4 is 5.32 Å². The van der Waals surface area contributed by atoms with Crippen LogP contribution in [0.3, 0.4) is 0 Å². The van der Waals surface area contributed by atoms with Gasteiger partial charge >= 0.3 is 0 Å². The minimum absolute atomic E-state index is 0.354. The Hall–Kier alpha value is -0.570. The van der Waals surface area contributed by atoms with Gasteiger partial charge in [-0.3, -0.25) is 0 Å². The highest BCUT2D eigenvalue weighted by molar-refractivity contribution is 6.31. The predicted octanol–water partition coefficient (Wildman–Crippen LogP) is 3.73. The third-order valence-corrected chi connectivity index (χ3v) is 3.98. The molecule has 0 amide bonds. The summed E-state index contributed by atoms with van der Waals surface area (Å²) in [5.74, 6) is 0.624. The van der Waals surface area contributed by atoms with Gasteiger partial charge in [0.05, 0.1) is 0 Å². The molecule has 18 heavy (non-hydrogen) atoms. The summed E-state index contributed by atoms with van der Waals surface area (Å²) in [4.78, 5) is 0. The average molecular weight is 268 g/mol. The van der Waals surface area contributed by atoms with Crippen LogP contribution in [0, 0.1) is 12.8 Å². The molecule has 1 aromatic rings. The first-order chi connectivity index (χ1) is 8.72. The Kier molecular flexibility index (Phi) is 5.04. The molecule has 1 atom stereocenters. The van der Waals surface area contributed by atoms with Crippen LogP contribution in [-0.4, -0.2) is 19.8 Å². The first-order valence-corrected chi connectivity index (χ1v) is 7.17. The Labute approximate surface area is 115 Å². The van der Waals surface area contributed by atoms with Gasteiger partial charge in [-0.25, -0.2) is 0 Å². The number of ether oxygens (including phenoxy) is 1. The van der Waals surface area contributed by atoms with Crippen molar-refractivity contribution in [3.8, 4) is 0 Å². The van der Waals surface area contributed by atoms with E-state index in [1.807, 2.05) is 0 Å². The van der Waals surface area contributed by atoms with E-state index in [1.165, 1.54) is 11.1 Å². The average Bonchev–Trinajstić information content (AvgIpc) is 2.38. The second-order valence-electron chi connectivity index (χ2n) is 5.01. The largest absolute Gasteiger partial charge is 0.381 e. The fourth-order valence-electron chi connectivity index (χ4n) is 2.68. The molecule has 0 aromatic heterocycles. The maximum absolute atomic E-state index is 6.41. The van der Waals surface area contributed by atoms with E-state index in [-0.39, 0.29) is 0 Å². The Balaban J connectivity index is 2.22. The lowest BCUT2D eigenvalue weighted by atomic mass is 9.86. The summed E-state index contributed by atoms with van der Waals surface area (Å²) in [6, 6.07) is 6.72. The van der Waals surface area contributed by atoms with Gasteiger partial charge in [-0.2, -0.15) is 0 Å². The van der Waals surface area contributed by atoms with E-state index < -0.39 is 0 Å². The fraction of sp³-hybridized carbons (Fsp3) is 0.600. The number of hydrogen-bond donors (Lipinski definition) is 1. The van der Waals surface area contributed by atoms with E-state index in [9.17, 15) is 0 Å². The van der Waals surface area contributed by atoms with Gasteiger partial charge < -0.3 is 10.1 Å². The van der Waals surface area contributed by atoms with Crippen LogP contribution in [0.1, 0.15) is 36.9 Å². The fourth-order valence-corrected chi connectivity index (χ4v) is 3.04. The van der Waals surface area contributed by atoms with Crippen molar-refractivity contribution in [2.24, 2.45) is 5.92 Å². The predicted molar refractivity (Wildman–Crippen MR) is 76.1 cm³/mol. The first kappa shape index (κ1) is 13.9. The minimum atomic E-state index is 0.354. The van der Waals surface area contributed by atoms with Gasteiger partial charge in [-0.15, -0.1) is 0 Å². The molecular formula is C15H22ClNO. The third kappa shape index (κ3) is 3.25. The lowest BCUT2D eigenvalue weighted by molar-refractivity contribution is 0.0538. The number of benzene rings is 1. The zero-order valence-corrected chi connectivity index (χ0v) is 12.0. The van der Waals surface area contributed by atoms with E-state index in [2.05, 4.69) is 37.4 Å². The van der Waals surface area contributed by atoms with Crippen LogP contribution >= 0.6 is 11.6 Å². The summed E-state index contributed by atoms with van der Waals surface area (Å²) in [6.45, 7) is 6.93. The molecule has 0 aliphatic carbocycles. The molecule has 1 fully saturated rings. The Morgan fingerprint density at radius 2 is 2.11 bits per heavy atom. The van der Waals surface area contributed by atoms with Gasteiger partial charge in [-0.1, -0.05) is 30.7 Å². The van der Waals surface area contributed by atoms with Crippen molar-refractivity contribution in [2.45, 2.75) is 32.7 Å². The highest BCUT2D eigenvalue weighted by atomic mass is 35.5. The molecule has 0 bridgehead atoms. The van der Waals surface area contributed by atoms with Gasteiger partial charge in [0.25, 0.3) is 0 Å². The molecule has 2 nitrogen and oxygen atoms in total. The van der Waals surface area contributed by atoms with Gasteiger partial charge in [0, 0.05) is 24.3 Å². The molecule has 1 aliphatic heterocycles. The molecule has 1 heterocycles. The smallest absolute Gasteiger partial charge is 0.0469 e. The standard InChI is InChI=1S/C15H22ClNO/c1-3-17-15(12-6-8-18-9-7-12)13-5-4-11(2)10-14(13)16/h4-5,10,12,15,17H,3,6-9H2,1-2H3. The topological polar surface area (TPSA) is 21.3 Å². The number of nitrogens with one attached hydrogen (secondary N) is 1. The molecule has 3 heteroatoms. The van der Waals surface area contributed by atoms with Crippen molar-refractivity contribution >= 4 is 11.6 Å². The van der Waals surface area contributed by atoms with Crippen LogP contribution in [-0.2, 0) is 4.74 Å². The van der Waals surface area contributed by atoms with Crippen molar-refractivity contribution < 1.29 is 4.74 Å². The van der Waals surface area contributed by atoms with Gasteiger partial charge in [0.15, 0.2) is 0 Å². The Morgan fingerprint density at radius 1 is 1.39 bits per heavy atom. The molecule has 0 radical (unpaired) electrons. The van der Waals surface area contributed by atoms with Crippen LogP contribution in [0.2, 0.25) is 5.02 Å². The van der Waals surface area contributed by atoms with Crippen molar-refractivity contribution in [3.63, 3.8) is 0 Å². The normalized spacial score (nSPS) is 18.8. The summed E-state index contributed by atoms with van der Waals surface area (Å²) in [7, 11) is 0. The highest BCUT2D eigenvalue weighted by Gasteiger charge is 2.26. The SMILES string of the molecule is CCNC(c1ccc(C)cc1Cl)C1CCOCC1. The molecule has 1 unspecified atom stereocenters. The third-order valence-electron chi connectivity index (χ3n) is 3.65. The molecule has 0 saturated carbocycles. The summed E-state index contributed by atoms with van der Waals surface area (Å²) in [6.07, 6.45) is 2.23. The van der Waals surface area contributed by atoms with Crippen molar-refractivity contribution in [2.75, 3.05) is 19.8 Å². The Morgan fingerprint density at radius 3 is 2.72 bits per heavy atom. The molecule has 1 aromatic carbocycles. The minimum Gasteiger partial charge on any atom is -0.381 e. The number of halogens is 1. The van der Waals surface area contributed by atoms with Crippen LogP contribution in [0.15, 0.2) is 18.2 Å². The zero-order chi connectivity index (χ0) is 13.0. The molecule has 2 rings (SSSR count). The highest BCUT2D eigenvalue weighted by Crippen LogP contribution is 2.34. The van der Waals surface area contributed by atoms with Crippen molar-refractivity contribution in [3.05, 3.63) is 34.3 Å². The molecular weight excluding hydrogens is 246 g/mol. The number of hydrogen-bond acceptors (Lipinski definition) is 2. The second kappa shape index (κ2) is 6.55. The molecule has 100 valence electrons. The summed E-state index contributed by atoms with van der Waals surface area (Å²) in [5, 5.41) is 4.47. The summed E-state index contributed by atoms with van der Waals surface area (Å²) in [5.41, 5.74) is 2.45. The summed E-state index contributed by atoms with van der Waals surface area (Å²) >= 11 is 6.41. The first-order valence-electron chi connectivity index (χ1n) is 6.79. The van der Waals surface area contributed by atoms with Crippen LogP contribution in [0.25, 0.3) is 0 Å². The maximum atomic E-state index is 6.41. The number of rotatable bonds is 4. The maximum Gasteiger partial charge on any atom is 0.0469 e.